The summed E-state index contributed by atoms with van der Waals surface area (Å²) in [6.07, 6.45) is -0.716. The molecule has 25 heavy (non-hydrogen) atoms. The van der Waals surface area contributed by atoms with E-state index in [2.05, 4.69) is 34.7 Å². The monoisotopic (exact) mass is 354 g/mol. The first-order chi connectivity index (χ1) is 12.2. The molecule has 1 atom stereocenters. The molecule has 1 aliphatic rings. The van der Waals surface area contributed by atoms with Crippen LogP contribution >= 0.6 is 11.3 Å². The van der Waals surface area contributed by atoms with Crippen LogP contribution in [0.5, 0.6) is 11.5 Å². The maximum absolute atomic E-state index is 12.6. The largest absolute Gasteiger partial charge is 0.485 e. The molecule has 0 saturated carbocycles. The maximum Gasteiger partial charge on any atom is 0.292 e. The van der Waals surface area contributed by atoms with Crippen LogP contribution in [-0.2, 0) is 11.3 Å². The molecular weight excluding hydrogens is 336 g/mol. The van der Waals surface area contributed by atoms with Crippen molar-refractivity contribution in [2.75, 3.05) is 6.61 Å². The predicted octanol–water partition coefficient (Wildman–Crippen LogP) is 3.30. The second-order valence-electron chi connectivity index (χ2n) is 5.91. The smallest absolute Gasteiger partial charge is 0.292 e. The lowest BCUT2D eigenvalue weighted by Gasteiger charge is -2.23. The minimum Gasteiger partial charge on any atom is -0.485 e. The van der Waals surface area contributed by atoms with E-state index in [4.69, 9.17) is 9.47 Å². The van der Waals surface area contributed by atoms with E-state index in [-0.39, 0.29) is 12.5 Å². The zero-order valence-electron chi connectivity index (χ0n) is 14.1. The number of rotatable bonds is 2. The second-order valence-corrected chi connectivity index (χ2v) is 6.92. The Balaban J connectivity index is 1.69. The number of aryl methyl sites for hydroxylation is 2. The average Bonchev–Trinajstić information content (AvgIpc) is 2.97. The van der Waals surface area contributed by atoms with Gasteiger partial charge in [-0.05, 0) is 43.7 Å². The molecule has 5 nitrogen and oxygen atoms in total. The first-order valence-corrected chi connectivity index (χ1v) is 9.04. The van der Waals surface area contributed by atoms with Gasteiger partial charge in [-0.2, -0.15) is 4.99 Å². The highest BCUT2D eigenvalue weighted by molar-refractivity contribution is 7.16. The van der Waals surface area contributed by atoms with Crippen molar-refractivity contribution >= 4 is 27.5 Å². The van der Waals surface area contributed by atoms with E-state index in [1.54, 1.807) is 6.07 Å². The number of aromatic nitrogens is 1. The number of fused-ring (bicyclic) bond motifs is 2. The molecule has 0 fully saturated rings. The molecule has 6 heteroatoms. The summed E-state index contributed by atoms with van der Waals surface area (Å²) in [5.74, 6) is 0.921. The summed E-state index contributed by atoms with van der Waals surface area (Å²) in [7, 11) is 0. The van der Waals surface area contributed by atoms with E-state index >= 15 is 0 Å². The van der Waals surface area contributed by atoms with Gasteiger partial charge < -0.3 is 14.0 Å². The normalized spacial score (nSPS) is 17.0. The molecule has 3 aromatic rings. The van der Waals surface area contributed by atoms with Crippen LogP contribution in [0.1, 0.15) is 12.5 Å². The minimum atomic E-state index is -0.716. The number of carbonyl (C=O) groups is 1. The molecule has 0 bridgehead atoms. The van der Waals surface area contributed by atoms with Gasteiger partial charge in [-0.15, -0.1) is 0 Å². The van der Waals surface area contributed by atoms with E-state index < -0.39 is 6.10 Å². The standard InChI is InChI=1S/C19H18N2O3S/c1-3-21-13-9-8-12(2)10-17(13)25-19(21)20-18(22)16-11-23-14-6-4-5-7-15(14)24-16/h4-10,16H,3,11H2,1-2H3/t16-/m1/s1. The van der Waals surface area contributed by atoms with Gasteiger partial charge in [-0.25, -0.2) is 0 Å². The highest BCUT2D eigenvalue weighted by Crippen LogP contribution is 2.31. The maximum atomic E-state index is 12.6. The van der Waals surface area contributed by atoms with Gasteiger partial charge in [0.2, 0.25) is 6.10 Å². The lowest BCUT2D eigenvalue weighted by molar-refractivity contribution is -0.127. The van der Waals surface area contributed by atoms with Crippen LogP contribution in [0.25, 0.3) is 10.2 Å². The SMILES string of the molecule is CCn1c(=NC(=O)[C@H]2COc3ccccc3O2)sc2cc(C)ccc21. The van der Waals surface area contributed by atoms with Crippen LogP contribution in [0.2, 0.25) is 0 Å². The lowest BCUT2D eigenvalue weighted by atomic mass is 10.2. The van der Waals surface area contributed by atoms with Crippen LogP contribution in [0.15, 0.2) is 47.5 Å². The van der Waals surface area contributed by atoms with Crippen molar-refractivity contribution in [2.24, 2.45) is 4.99 Å². The molecule has 1 amide bonds. The predicted molar refractivity (Wildman–Crippen MR) is 97.1 cm³/mol. The number of ether oxygens (including phenoxy) is 2. The molecule has 1 aromatic heterocycles. The van der Waals surface area contributed by atoms with Crippen LogP contribution in [0.3, 0.4) is 0 Å². The number of carbonyl (C=O) groups excluding carboxylic acids is 1. The highest BCUT2D eigenvalue weighted by Gasteiger charge is 2.27. The number of amides is 1. The molecule has 0 spiro atoms. The van der Waals surface area contributed by atoms with Gasteiger partial charge in [0.1, 0.15) is 6.61 Å². The van der Waals surface area contributed by atoms with Crippen LogP contribution in [0, 0.1) is 6.92 Å². The topological polar surface area (TPSA) is 52.8 Å². The van der Waals surface area contributed by atoms with Crippen molar-refractivity contribution in [3.63, 3.8) is 0 Å². The number of benzene rings is 2. The van der Waals surface area contributed by atoms with E-state index in [0.717, 1.165) is 16.8 Å². The lowest BCUT2D eigenvalue weighted by Crippen LogP contribution is -2.36. The summed E-state index contributed by atoms with van der Waals surface area (Å²) in [5.41, 5.74) is 2.28. The number of para-hydroxylation sites is 2. The van der Waals surface area contributed by atoms with Crippen molar-refractivity contribution in [1.29, 1.82) is 0 Å². The molecule has 0 aliphatic carbocycles. The molecule has 0 radical (unpaired) electrons. The zero-order chi connectivity index (χ0) is 17.4. The zero-order valence-corrected chi connectivity index (χ0v) is 14.9. The summed E-state index contributed by atoms with van der Waals surface area (Å²) in [6, 6.07) is 13.6. The van der Waals surface area contributed by atoms with Gasteiger partial charge in [-0.1, -0.05) is 29.5 Å². The van der Waals surface area contributed by atoms with Gasteiger partial charge >= 0.3 is 0 Å². The second kappa shape index (κ2) is 6.37. The Morgan fingerprint density at radius 3 is 2.88 bits per heavy atom. The molecule has 128 valence electrons. The first-order valence-electron chi connectivity index (χ1n) is 8.23. The quantitative estimate of drug-likeness (QED) is 0.709. The number of hydrogen-bond donors (Lipinski definition) is 0. The first kappa shape index (κ1) is 15.9. The average molecular weight is 354 g/mol. The Labute approximate surface area is 149 Å². The molecule has 4 rings (SSSR count). The Morgan fingerprint density at radius 2 is 2.08 bits per heavy atom. The van der Waals surface area contributed by atoms with Gasteiger partial charge in [0.15, 0.2) is 16.3 Å². The van der Waals surface area contributed by atoms with Gasteiger partial charge in [0, 0.05) is 6.54 Å². The molecule has 0 saturated heterocycles. The fourth-order valence-corrected chi connectivity index (χ4v) is 4.08. The third-order valence-electron chi connectivity index (χ3n) is 4.14. The van der Waals surface area contributed by atoms with Gasteiger partial charge in [-0.3, -0.25) is 4.79 Å². The molecule has 0 unspecified atom stereocenters. The van der Waals surface area contributed by atoms with Crippen molar-refractivity contribution in [1.82, 2.24) is 4.57 Å². The fourth-order valence-electron chi connectivity index (χ4n) is 2.88. The van der Waals surface area contributed by atoms with Crippen molar-refractivity contribution in [3.8, 4) is 11.5 Å². The van der Waals surface area contributed by atoms with Crippen molar-refractivity contribution in [2.45, 2.75) is 26.5 Å². The highest BCUT2D eigenvalue weighted by atomic mass is 32.1. The number of nitrogens with zero attached hydrogens (tertiary/aromatic N) is 2. The van der Waals surface area contributed by atoms with E-state index in [1.807, 2.05) is 25.1 Å². The Hall–Kier alpha value is -2.60. The van der Waals surface area contributed by atoms with Gasteiger partial charge in [0.05, 0.1) is 10.2 Å². The fraction of sp³-hybridized carbons (Fsp3) is 0.263. The summed E-state index contributed by atoms with van der Waals surface area (Å²) in [5, 5.41) is 0. The Morgan fingerprint density at radius 1 is 1.28 bits per heavy atom. The minimum absolute atomic E-state index is 0.176. The molecule has 2 aromatic carbocycles. The summed E-state index contributed by atoms with van der Waals surface area (Å²) in [4.78, 5) is 17.6. The van der Waals surface area contributed by atoms with Crippen LogP contribution in [0.4, 0.5) is 0 Å². The molecule has 2 heterocycles. The van der Waals surface area contributed by atoms with E-state index in [1.165, 1.54) is 16.9 Å². The number of thiazole rings is 1. The van der Waals surface area contributed by atoms with Gasteiger partial charge in [0.25, 0.3) is 5.91 Å². The van der Waals surface area contributed by atoms with E-state index in [0.29, 0.717) is 16.3 Å². The Kier molecular flexibility index (Phi) is 4.05. The van der Waals surface area contributed by atoms with Crippen LogP contribution < -0.4 is 14.3 Å². The summed E-state index contributed by atoms with van der Waals surface area (Å²) >= 11 is 1.52. The molecule has 0 N–H and O–H groups in total. The van der Waals surface area contributed by atoms with Crippen molar-refractivity contribution in [3.05, 3.63) is 52.8 Å². The third kappa shape index (κ3) is 2.93. The Bertz CT molecular complexity index is 1020. The third-order valence-corrected chi connectivity index (χ3v) is 5.19. The van der Waals surface area contributed by atoms with Crippen LogP contribution in [-0.4, -0.2) is 23.2 Å². The molecule has 1 aliphatic heterocycles. The molecular formula is C19H18N2O3S. The van der Waals surface area contributed by atoms with E-state index in [9.17, 15) is 4.79 Å². The summed E-state index contributed by atoms with van der Waals surface area (Å²) < 4.78 is 14.6. The number of hydrogen-bond acceptors (Lipinski definition) is 4. The summed E-state index contributed by atoms with van der Waals surface area (Å²) in [6.45, 7) is 5.03. The van der Waals surface area contributed by atoms with Crippen molar-refractivity contribution < 1.29 is 14.3 Å².